The van der Waals surface area contributed by atoms with E-state index < -0.39 is 62.5 Å². The number of carboxylic acids is 1. The molecular weight excluding hydrogens is 500 g/mol. The number of nitrogens with one attached hydrogen (secondary N) is 2. The van der Waals surface area contributed by atoms with Crippen molar-refractivity contribution in [1.29, 1.82) is 0 Å². The zero-order valence-corrected chi connectivity index (χ0v) is 20.5. The van der Waals surface area contributed by atoms with E-state index in [-0.39, 0.29) is 18.0 Å². The maximum atomic E-state index is 13.6. The van der Waals surface area contributed by atoms with E-state index in [4.69, 9.17) is 4.74 Å². The molecule has 0 radical (unpaired) electrons. The molecule has 0 saturated carbocycles. The van der Waals surface area contributed by atoms with E-state index in [1.807, 2.05) is 4.72 Å². The van der Waals surface area contributed by atoms with Crippen LogP contribution in [0.5, 0.6) is 0 Å². The number of sulfonamides is 1. The van der Waals surface area contributed by atoms with E-state index in [2.05, 4.69) is 5.32 Å². The summed E-state index contributed by atoms with van der Waals surface area (Å²) in [4.78, 5) is 38.0. The highest BCUT2D eigenvalue weighted by atomic mass is 32.2. The first-order valence-corrected chi connectivity index (χ1v) is 12.6. The van der Waals surface area contributed by atoms with Gasteiger partial charge in [-0.3, -0.25) is 9.59 Å². The molecule has 1 unspecified atom stereocenters. The smallest absolute Gasteiger partial charge is 0.414 e. The molecule has 10 nitrogen and oxygen atoms in total. The largest absolute Gasteiger partial charge is 0.480 e. The van der Waals surface area contributed by atoms with Crippen molar-refractivity contribution in [3.05, 3.63) is 53.8 Å². The summed E-state index contributed by atoms with van der Waals surface area (Å²) in [6.07, 6.45) is 4.37. The van der Waals surface area contributed by atoms with Crippen LogP contribution >= 0.6 is 0 Å². The van der Waals surface area contributed by atoms with E-state index in [0.29, 0.717) is 25.1 Å². The van der Waals surface area contributed by atoms with Gasteiger partial charge in [-0.2, -0.15) is 4.72 Å². The third-order valence-electron chi connectivity index (χ3n) is 6.04. The molecule has 1 aromatic rings. The van der Waals surface area contributed by atoms with Crippen LogP contribution in [0.25, 0.3) is 0 Å². The highest BCUT2D eigenvalue weighted by Gasteiger charge is 2.45. The molecule has 1 aliphatic heterocycles. The number of halogens is 2. The Morgan fingerprint density at radius 1 is 1.28 bits per heavy atom. The molecule has 1 amide bonds. The Labute approximate surface area is 207 Å². The lowest BCUT2D eigenvalue weighted by Crippen LogP contribution is -2.49. The van der Waals surface area contributed by atoms with Gasteiger partial charge in [-0.05, 0) is 62.6 Å². The van der Waals surface area contributed by atoms with Gasteiger partial charge >= 0.3 is 12.1 Å². The van der Waals surface area contributed by atoms with Gasteiger partial charge in [0.1, 0.15) is 11.8 Å². The Hall–Kier alpha value is -3.16. The standard InChI is InChI=1S/C23H27F2N3O7S/c1-28(2)22(32)35-14-7-9-23(10-8-14,20(29)18-4-3-11-26-18)13-19(21(30)31)27-36(33,34)15-5-6-16(24)17(25)12-15/h5-9,12,18-19,26-27H,3-4,10-11,13H2,1-2H3,(H,30,31)/t18-,19-,23?/m0/s1. The van der Waals surface area contributed by atoms with E-state index in [1.54, 1.807) is 0 Å². The number of ketones is 1. The maximum absolute atomic E-state index is 13.6. The van der Waals surface area contributed by atoms with Crippen LogP contribution in [0.15, 0.2) is 47.1 Å². The van der Waals surface area contributed by atoms with Crippen LogP contribution in [-0.2, 0) is 24.3 Å². The number of hydrogen-bond donors (Lipinski definition) is 3. The second-order valence-electron chi connectivity index (χ2n) is 8.87. The van der Waals surface area contributed by atoms with Crippen molar-refractivity contribution in [2.24, 2.45) is 5.41 Å². The number of carboxylic acid groups (broad SMARTS) is 1. The number of nitrogens with zero attached hydrogens (tertiary/aromatic N) is 1. The third kappa shape index (κ3) is 6.15. The summed E-state index contributed by atoms with van der Waals surface area (Å²) >= 11 is 0. The number of rotatable bonds is 9. The minimum absolute atomic E-state index is 0.0484. The molecule has 1 heterocycles. The zero-order valence-electron chi connectivity index (χ0n) is 19.7. The number of benzene rings is 1. The van der Waals surface area contributed by atoms with Gasteiger partial charge in [0.2, 0.25) is 10.0 Å². The first-order chi connectivity index (χ1) is 16.8. The number of amides is 1. The fourth-order valence-corrected chi connectivity index (χ4v) is 5.26. The average molecular weight is 528 g/mol. The van der Waals surface area contributed by atoms with E-state index in [1.165, 1.54) is 37.2 Å². The molecule has 0 aromatic heterocycles. The number of ether oxygens (including phenoxy) is 1. The van der Waals surface area contributed by atoms with E-state index in [9.17, 15) is 36.7 Å². The predicted octanol–water partition coefficient (Wildman–Crippen LogP) is 1.94. The van der Waals surface area contributed by atoms with Crippen LogP contribution in [0.2, 0.25) is 0 Å². The third-order valence-corrected chi connectivity index (χ3v) is 7.51. The molecule has 3 N–H and O–H groups in total. The molecule has 0 spiro atoms. The number of carbonyl (C=O) groups excluding carboxylic acids is 2. The van der Waals surface area contributed by atoms with Crippen LogP contribution < -0.4 is 10.0 Å². The van der Waals surface area contributed by atoms with Gasteiger partial charge in [-0.25, -0.2) is 22.0 Å². The van der Waals surface area contributed by atoms with Crippen LogP contribution in [0, 0.1) is 17.0 Å². The monoisotopic (exact) mass is 527 g/mol. The molecule has 1 aromatic carbocycles. The lowest BCUT2D eigenvalue weighted by atomic mass is 9.70. The van der Waals surface area contributed by atoms with Gasteiger partial charge in [-0.15, -0.1) is 0 Å². The summed E-state index contributed by atoms with van der Waals surface area (Å²) in [5.74, 6) is -4.41. The maximum Gasteiger partial charge on any atom is 0.414 e. The Balaban J connectivity index is 1.89. The summed E-state index contributed by atoms with van der Waals surface area (Å²) in [5.41, 5.74) is -1.43. The molecular formula is C23H27F2N3O7S. The number of carbonyl (C=O) groups is 3. The molecule has 3 atom stereocenters. The van der Waals surface area contributed by atoms with Gasteiger partial charge in [0, 0.05) is 14.1 Å². The van der Waals surface area contributed by atoms with Crippen LogP contribution in [0.3, 0.4) is 0 Å². The highest BCUT2D eigenvalue weighted by Crippen LogP contribution is 2.38. The molecule has 3 rings (SSSR count). The van der Waals surface area contributed by atoms with E-state index in [0.717, 1.165) is 12.5 Å². The molecule has 1 fully saturated rings. The zero-order chi connectivity index (χ0) is 26.7. The van der Waals surface area contributed by atoms with Crippen molar-refractivity contribution in [1.82, 2.24) is 14.9 Å². The highest BCUT2D eigenvalue weighted by molar-refractivity contribution is 7.89. The first-order valence-electron chi connectivity index (χ1n) is 11.1. The molecule has 196 valence electrons. The molecule has 1 aliphatic carbocycles. The summed E-state index contributed by atoms with van der Waals surface area (Å²) < 4.78 is 59.6. The van der Waals surface area contributed by atoms with Gasteiger partial charge in [0.25, 0.3) is 0 Å². The van der Waals surface area contributed by atoms with Gasteiger partial charge in [0.05, 0.1) is 16.4 Å². The Bertz CT molecular complexity index is 1210. The molecule has 2 aliphatic rings. The summed E-state index contributed by atoms with van der Waals surface area (Å²) in [6, 6.07) is -0.489. The molecule has 13 heteroatoms. The first kappa shape index (κ1) is 27.4. The van der Waals surface area contributed by atoms with Crippen molar-refractivity contribution in [2.75, 3.05) is 20.6 Å². The minimum Gasteiger partial charge on any atom is -0.480 e. The molecule has 36 heavy (non-hydrogen) atoms. The summed E-state index contributed by atoms with van der Waals surface area (Å²) in [7, 11) is -1.60. The lowest BCUT2D eigenvalue weighted by molar-refractivity contribution is -0.140. The number of aliphatic carboxylic acids is 1. The summed E-state index contributed by atoms with van der Waals surface area (Å²) in [5, 5.41) is 12.9. The van der Waals surface area contributed by atoms with Crippen LogP contribution in [0.4, 0.5) is 13.6 Å². The lowest BCUT2D eigenvalue weighted by Gasteiger charge is -2.35. The predicted molar refractivity (Wildman–Crippen MR) is 123 cm³/mol. The van der Waals surface area contributed by atoms with Crippen molar-refractivity contribution in [3.63, 3.8) is 0 Å². The fraction of sp³-hybridized carbons (Fsp3) is 0.435. The average Bonchev–Trinajstić information content (AvgIpc) is 3.35. The van der Waals surface area contributed by atoms with Crippen molar-refractivity contribution in [3.8, 4) is 0 Å². The van der Waals surface area contributed by atoms with E-state index >= 15 is 0 Å². The van der Waals surface area contributed by atoms with Gasteiger partial charge in [-0.1, -0.05) is 6.08 Å². The topological polar surface area (TPSA) is 142 Å². The van der Waals surface area contributed by atoms with Crippen molar-refractivity contribution in [2.45, 2.75) is 42.7 Å². The number of allylic oxidation sites excluding steroid dienone is 3. The quantitative estimate of drug-likeness (QED) is 0.442. The minimum atomic E-state index is -4.58. The van der Waals surface area contributed by atoms with Gasteiger partial charge < -0.3 is 20.1 Å². The van der Waals surface area contributed by atoms with Crippen LogP contribution in [0.1, 0.15) is 25.7 Å². The normalized spacial score (nSPS) is 22.6. The Kier molecular flexibility index (Phi) is 8.26. The molecule has 0 bridgehead atoms. The fourth-order valence-electron chi connectivity index (χ4n) is 4.06. The van der Waals surface area contributed by atoms with Crippen LogP contribution in [-0.4, -0.2) is 69.0 Å². The second-order valence-corrected chi connectivity index (χ2v) is 10.6. The molecule has 1 saturated heterocycles. The Morgan fingerprint density at radius 2 is 2.00 bits per heavy atom. The summed E-state index contributed by atoms with van der Waals surface area (Å²) in [6.45, 7) is 0.600. The SMILES string of the molecule is CN(C)C(=O)OC1=CCC(C[C@H](NS(=O)(=O)c2ccc(F)c(F)c2)C(=O)O)(C(=O)[C@@H]2CCCN2)C=C1. The van der Waals surface area contributed by atoms with Crippen molar-refractivity contribution < 1.29 is 41.4 Å². The second kappa shape index (κ2) is 10.8. The number of hydrogen-bond acceptors (Lipinski definition) is 7. The van der Waals surface area contributed by atoms with Gasteiger partial charge in [0.15, 0.2) is 17.4 Å². The number of Topliss-reactive ketones (excluding diaryl/α,β-unsaturated/α-hetero) is 1. The Morgan fingerprint density at radius 3 is 2.53 bits per heavy atom. The van der Waals surface area contributed by atoms with Crippen molar-refractivity contribution >= 4 is 27.9 Å².